The van der Waals surface area contributed by atoms with Crippen molar-refractivity contribution in [1.82, 2.24) is 4.90 Å². The molecular weight excluding hydrogens is 245 g/mol. The minimum absolute atomic E-state index is 0.123. The average Bonchev–Trinajstić information content (AvgIpc) is 2.80. The quantitative estimate of drug-likeness (QED) is 0.787. The predicted molar refractivity (Wildman–Crippen MR) is 61.0 cm³/mol. The number of halogens is 3. The zero-order chi connectivity index (χ0) is 13.3. The molecule has 2 rings (SSSR count). The molecule has 1 aliphatic heterocycles. The standard InChI is InChI=1S/C12H13F3N2O/c13-12(14,15)8-3-4-9(10(16)7-8)11(18)17-5-1-2-6-17/h3-4,7H,1-2,5-6,16H2. The highest BCUT2D eigenvalue weighted by Crippen LogP contribution is 2.31. The smallest absolute Gasteiger partial charge is 0.398 e. The lowest BCUT2D eigenvalue weighted by Gasteiger charge is -2.17. The van der Waals surface area contributed by atoms with E-state index in [4.69, 9.17) is 5.73 Å². The second-order valence-electron chi connectivity index (χ2n) is 4.30. The fourth-order valence-electron chi connectivity index (χ4n) is 2.02. The average molecular weight is 258 g/mol. The summed E-state index contributed by atoms with van der Waals surface area (Å²) in [4.78, 5) is 13.6. The Balaban J connectivity index is 2.27. The topological polar surface area (TPSA) is 46.3 Å². The SMILES string of the molecule is Nc1cc(C(F)(F)F)ccc1C(=O)N1CCCC1. The summed E-state index contributed by atoms with van der Waals surface area (Å²) in [5, 5.41) is 0. The second-order valence-corrected chi connectivity index (χ2v) is 4.30. The van der Waals surface area contributed by atoms with E-state index in [1.54, 1.807) is 4.90 Å². The summed E-state index contributed by atoms with van der Waals surface area (Å²) in [6, 6.07) is 2.85. The van der Waals surface area contributed by atoms with Crippen LogP contribution in [0.5, 0.6) is 0 Å². The summed E-state index contributed by atoms with van der Waals surface area (Å²) in [6.45, 7) is 1.28. The molecule has 18 heavy (non-hydrogen) atoms. The molecule has 1 aromatic carbocycles. The molecule has 1 fully saturated rings. The van der Waals surface area contributed by atoms with Crippen molar-refractivity contribution in [1.29, 1.82) is 0 Å². The van der Waals surface area contributed by atoms with Crippen molar-refractivity contribution in [3.8, 4) is 0 Å². The Labute approximate surface area is 102 Å². The van der Waals surface area contributed by atoms with Gasteiger partial charge in [-0.1, -0.05) is 0 Å². The summed E-state index contributed by atoms with van der Waals surface area (Å²) in [5.74, 6) is -0.293. The first-order valence-electron chi connectivity index (χ1n) is 5.65. The van der Waals surface area contributed by atoms with Crippen LogP contribution in [0.1, 0.15) is 28.8 Å². The number of anilines is 1. The van der Waals surface area contributed by atoms with Crippen LogP contribution in [0.3, 0.4) is 0 Å². The molecule has 0 spiro atoms. The number of benzene rings is 1. The van der Waals surface area contributed by atoms with Crippen LogP contribution in [0.2, 0.25) is 0 Å². The minimum atomic E-state index is -4.44. The Morgan fingerprint density at radius 1 is 1.22 bits per heavy atom. The van der Waals surface area contributed by atoms with Crippen LogP contribution in [0.4, 0.5) is 18.9 Å². The first-order valence-corrected chi connectivity index (χ1v) is 5.65. The fourth-order valence-corrected chi connectivity index (χ4v) is 2.02. The maximum atomic E-state index is 12.5. The van der Waals surface area contributed by atoms with E-state index in [2.05, 4.69) is 0 Å². The summed E-state index contributed by atoms with van der Waals surface area (Å²) in [5.41, 5.74) is 4.72. The van der Waals surface area contributed by atoms with Crippen LogP contribution < -0.4 is 5.73 Å². The number of nitrogen functional groups attached to an aromatic ring is 1. The van der Waals surface area contributed by atoms with Gasteiger partial charge in [-0.3, -0.25) is 4.79 Å². The van der Waals surface area contributed by atoms with Gasteiger partial charge in [0.1, 0.15) is 0 Å². The lowest BCUT2D eigenvalue weighted by molar-refractivity contribution is -0.137. The maximum absolute atomic E-state index is 12.5. The van der Waals surface area contributed by atoms with Crippen LogP contribution in [-0.4, -0.2) is 23.9 Å². The molecule has 1 aliphatic rings. The third kappa shape index (κ3) is 2.42. The number of hydrogen-bond acceptors (Lipinski definition) is 2. The van der Waals surface area contributed by atoms with E-state index in [1.165, 1.54) is 0 Å². The van der Waals surface area contributed by atoms with Crippen molar-refractivity contribution in [2.75, 3.05) is 18.8 Å². The molecule has 98 valence electrons. The molecule has 1 heterocycles. The number of hydrogen-bond donors (Lipinski definition) is 1. The highest BCUT2D eigenvalue weighted by Gasteiger charge is 2.31. The molecule has 1 aromatic rings. The Morgan fingerprint density at radius 2 is 1.83 bits per heavy atom. The zero-order valence-corrected chi connectivity index (χ0v) is 9.63. The van der Waals surface area contributed by atoms with E-state index < -0.39 is 11.7 Å². The molecule has 1 amide bonds. The van der Waals surface area contributed by atoms with Gasteiger partial charge in [0.05, 0.1) is 11.1 Å². The van der Waals surface area contributed by atoms with Crippen molar-refractivity contribution in [2.24, 2.45) is 0 Å². The van der Waals surface area contributed by atoms with Gasteiger partial charge in [-0.2, -0.15) is 13.2 Å². The summed E-state index contributed by atoms with van der Waals surface area (Å²) >= 11 is 0. The van der Waals surface area contributed by atoms with Crippen molar-refractivity contribution < 1.29 is 18.0 Å². The van der Waals surface area contributed by atoms with Crippen molar-refractivity contribution in [3.05, 3.63) is 29.3 Å². The molecule has 1 saturated heterocycles. The molecule has 0 unspecified atom stereocenters. The molecule has 0 atom stereocenters. The normalized spacial score (nSPS) is 16.1. The minimum Gasteiger partial charge on any atom is -0.398 e. The molecule has 0 bridgehead atoms. The molecule has 2 N–H and O–H groups in total. The van der Waals surface area contributed by atoms with E-state index in [0.29, 0.717) is 13.1 Å². The molecule has 0 radical (unpaired) electrons. The van der Waals surface area contributed by atoms with Crippen LogP contribution >= 0.6 is 0 Å². The van der Waals surface area contributed by atoms with Crippen molar-refractivity contribution in [2.45, 2.75) is 19.0 Å². The van der Waals surface area contributed by atoms with Gasteiger partial charge in [-0.15, -0.1) is 0 Å². The Hall–Kier alpha value is -1.72. The lowest BCUT2D eigenvalue weighted by Crippen LogP contribution is -2.28. The van der Waals surface area contributed by atoms with Gasteiger partial charge in [0, 0.05) is 18.8 Å². The number of nitrogens with two attached hydrogens (primary N) is 1. The zero-order valence-electron chi connectivity index (χ0n) is 9.63. The highest BCUT2D eigenvalue weighted by atomic mass is 19.4. The Bertz CT molecular complexity index is 465. The first-order chi connectivity index (χ1) is 8.39. The van der Waals surface area contributed by atoms with E-state index >= 15 is 0 Å². The first kappa shape index (κ1) is 12.7. The van der Waals surface area contributed by atoms with Crippen LogP contribution in [0.15, 0.2) is 18.2 Å². The maximum Gasteiger partial charge on any atom is 0.416 e. The highest BCUT2D eigenvalue weighted by molar-refractivity contribution is 5.99. The van der Waals surface area contributed by atoms with Gasteiger partial charge < -0.3 is 10.6 Å². The fraction of sp³-hybridized carbons (Fsp3) is 0.417. The van der Waals surface area contributed by atoms with Gasteiger partial charge in [-0.25, -0.2) is 0 Å². The van der Waals surface area contributed by atoms with E-state index in [1.807, 2.05) is 0 Å². The van der Waals surface area contributed by atoms with Crippen LogP contribution in [-0.2, 0) is 6.18 Å². The number of amides is 1. The third-order valence-electron chi connectivity index (χ3n) is 3.00. The number of carbonyl (C=O) groups excluding carboxylic acids is 1. The summed E-state index contributed by atoms with van der Waals surface area (Å²) in [6.07, 6.45) is -2.60. The van der Waals surface area contributed by atoms with Gasteiger partial charge in [0.2, 0.25) is 0 Å². The van der Waals surface area contributed by atoms with E-state index in [9.17, 15) is 18.0 Å². The molecule has 0 saturated carbocycles. The van der Waals surface area contributed by atoms with Gasteiger partial charge in [0.15, 0.2) is 0 Å². The van der Waals surface area contributed by atoms with Gasteiger partial charge in [-0.05, 0) is 31.0 Å². The number of rotatable bonds is 1. The predicted octanol–water partition coefficient (Wildman–Crippen LogP) is 2.52. The molecular formula is C12H13F3N2O. The second kappa shape index (κ2) is 4.51. The van der Waals surface area contributed by atoms with E-state index in [0.717, 1.165) is 31.0 Å². The number of nitrogens with zero attached hydrogens (tertiary/aromatic N) is 1. The van der Waals surface area contributed by atoms with Gasteiger partial charge in [0.25, 0.3) is 5.91 Å². The van der Waals surface area contributed by atoms with Crippen LogP contribution in [0, 0.1) is 0 Å². The molecule has 6 heteroatoms. The van der Waals surface area contributed by atoms with E-state index in [-0.39, 0.29) is 17.2 Å². The summed E-state index contributed by atoms with van der Waals surface area (Å²) < 4.78 is 37.4. The molecule has 3 nitrogen and oxygen atoms in total. The Kier molecular flexibility index (Phi) is 3.19. The monoisotopic (exact) mass is 258 g/mol. The molecule has 0 aliphatic carbocycles. The lowest BCUT2D eigenvalue weighted by atomic mass is 10.1. The number of likely N-dealkylation sites (tertiary alicyclic amines) is 1. The number of alkyl halides is 3. The van der Waals surface area contributed by atoms with Crippen molar-refractivity contribution in [3.63, 3.8) is 0 Å². The third-order valence-corrected chi connectivity index (χ3v) is 3.00. The van der Waals surface area contributed by atoms with Crippen molar-refractivity contribution >= 4 is 11.6 Å². The number of carbonyl (C=O) groups is 1. The summed E-state index contributed by atoms with van der Waals surface area (Å²) in [7, 11) is 0. The largest absolute Gasteiger partial charge is 0.416 e. The molecule has 0 aromatic heterocycles. The van der Waals surface area contributed by atoms with Gasteiger partial charge >= 0.3 is 6.18 Å². The Morgan fingerprint density at radius 3 is 2.33 bits per heavy atom. The van der Waals surface area contributed by atoms with Crippen LogP contribution in [0.25, 0.3) is 0 Å².